The van der Waals surface area contributed by atoms with E-state index < -0.39 is 41.8 Å². The number of aromatic nitrogens is 1. The number of hydrogen-bond donors (Lipinski definition) is 9. The number of piperazine rings is 1. The van der Waals surface area contributed by atoms with Crippen molar-refractivity contribution in [2.45, 2.75) is 44.7 Å². The third-order valence-corrected chi connectivity index (χ3v) is 13.4. The number of halogens is 1. The zero-order valence-corrected chi connectivity index (χ0v) is 43.2. The smallest absolute Gasteiger partial charge is 0.409 e. The highest BCUT2D eigenvalue weighted by molar-refractivity contribution is 6.19. The monoisotopic (exact) mass is 1050 g/mol. The summed E-state index contributed by atoms with van der Waals surface area (Å²) in [5, 5.41) is 19.7. The molecule has 1 aromatic heterocycles. The summed E-state index contributed by atoms with van der Waals surface area (Å²) in [5.41, 5.74) is 14.3. The lowest BCUT2D eigenvalue weighted by atomic mass is 9.95. The number of carbonyl (C=O) groups excluding carboxylic acids is 7. The summed E-state index contributed by atoms with van der Waals surface area (Å²) in [6, 6.07) is 20.8. The van der Waals surface area contributed by atoms with E-state index in [0.717, 1.165) is 29.4 Å². The predicted octanol–water partition coefficient (Wildman–Crippen LogP) is 3.29. The number of carbonyl (C=O) groups is 7. The maximum Gasteiger partial charge on any atom is 0.415 e. The molecule has 2 aliphatic rings. The summed E-state index contributed by atoms with van der Waals surface area (Å²) in [7, 11) is 2.01. The molecular weight excluding hydrogens is 984 g/mol. The summed E-state index contributed by atoms with van der Waals surface area (Å²) in [4.78, 5) is 101. The van der Waals surface area contributed by atoms with Gasteiger partial charge in [-0.15, -0.1) is 11.6 Å². The minimum atomic E-state index is -1.07. The second kappa shape index (κ2) is 26.4. The van der Waals surface area contributed by atoms with Crippen LogP contribution in [0.4, 0.5) is 21.9 Å². The van der Waals surface area contributed by atoms with Crippen LogP contribution >= 0.6 is 11.6 Å². The van der Waals surface area contributed by atoms with E-state index in [1.165, 1.54) is 0 Å². The quantitative estimate of drug-likeness (QED) is 0.0317. The van der Waals surface area contributed by atoms with E-state index in [-0.39, 0.29) is 75.2 Å². The molecule has 5 aromatic rings. The van der Waals surface area contributed by atoms with Crippen LogP contribution < -0.4 is 53.0 Å². The number of ether oxygens (including phenoxy) is 2. The number of primary amides is 1. The van der Waals surface area contributed by atoms with Gasteiger partial charge in [-0.3, -0.25) is 28.8 Å². The molecular formula is C53H67ClN12O9. The van der Waals surface area contributed by atoms with Gasteiger partial charge in [0.1, 0.15) is 17.5 Å². The number of likely N-dealkylation sites (N-methyl/N-ethyl adjacent to an activating group) is 1. The van der Waals surface area contributed by atoms with Crippen molar-refractivity contribution in [2.75, 3.05) is 107 Å². The molecule has 1 fully saturated rings. The molecule has 0 saturated carbocycles. The first kappa shape index (κ1) is 55.6. The van der Waals surface area contributed by atoms with Crippen molar-refractivity contribution >= 4 is 91.9 Å². The van der Waals surface area contributed by atoms with Crippen LogP contribution in [0.25, 0.3) is 21.7 Å². The van der Waals surface area contributed by atoms with E-state index in [1.807, 2.05) is 45.2 Å². The second-order valence-corrected chi connectivity index (χ2v) is 19.3. The number of H-pyrrole nitrogens is 1. The van der Waals surface area contributed by atoms with Crippen LogP contribution in [0.15, 0.2) is 78.9 Å². The normalized spacial score (nSPS) is 15.4. The number of hydrogen-bond acceptors (Lipinski definition) is 13. The first-order valence-electron chi connectivity index (χ1n) is 25.1. The predicted molar refractivity (Wildman–Crippen MR) is 288 cm³/mol. The summed E-state index contributed by atoms with van der Waals surface area (Å²) in [6.07, 6.45) is -0.244. The van der Waals surface area contributed by atoms with Gasteiger partial charge in [0.2, 0.25) is 23.6 Å². The van der Waals surface area contributed by atoms with Crippen LogP contribution in [0.1, 0.15) is 59.0 Å². The van der Waals surface area contributed by atoms with E-state index in [4.69, 9.17) is 32.5 Å². The van der Waals surface area contributed by atoms with Crippen molar-refractivity contribution in [3.8, 4) is 5.75 Å². The molecule has 7 rings (SSSR count). The summed E-state index contributed by atoms with van der Waals surface area (Å²) < 4.78 is 11.3. The SMILES string of the molecule is CC(C)[C@H](NCCNC(=O)CCOCCN)C(=O)N[C@@H](CNCCC(N)=O)C(=O)Nc1ccc(C(=O)Nc2ccc3[nH]c(C(=O)N4C[C@@H](CCl)c5c4cc(OC(=O)N4CCN(C)CC4)c4ccccc54)cc3c2)cc1. The largest absolute Gasteiger partial charge is 0.415 e. The number of nitrogens with one attached hydrogen (secondary N) is 7. The van der Waals surface area contributed by atoms with Gasteiger partial charge < -0.3 is 72.5 Å². The third-order valence-electron chi connectivity index (χ3n) is 13.1. The molecule has 4 aromatic carbocycles. The number of benzene rings is 4. The second-order valence-electron chi connectivity index (χ2n) is 18.9. The minimum Gasteiger partial charge on any atom is -0.409 e. The molecule has 0 bridgehead atoms. The van der Waals surface area contributed by atoms with Crippen molar-refractivity contribution < 1.29 is 43.0 Å². The van der Waals surface area contributed by atoms with Crippen LogP contribution in [0.5, 0.6) is 5.75 Å². The van der Waals surface area contributed by atoms with Gasteiger partial charge in [-0.2, -0.15) is 0 Å². The van der Waals surface area contributed by atoms with E-state index in [0.29, 0.717) is 77.8 Å². The zero-order chi connectivity index (χ0) is 53.6. The molecule has 400 valence electrons. The van der Waals surface area contributed by atoms with Gasteiger partial charge in [0.25, 0.3) is 11.8 Å². The Kier molecular flexibility index (Phi) is 19.6. The Morgan fingerprint density at radius 2 is 1.56 bits per heavy atom. The van der Waals surface area contributed by atoms with Gasteiger partial charge in [-0.05, 0) is 72.4 Å². The molecule has 0 spiro atoms. The standard InChI is InChI=1S/C53H67ClN12O9/c1-32(2)48(59-19-18-58-46(68)15-24-74-25-16-55)51(71)63-42(30-57-17-14-45(56)67)50(70)60-36-10-8-33(9-11-36)49(69)61-37-12-13-40-34(26-37)27-41(62-40)52(72)66-31-35(29-54)47-39-7-5-4-6-38(39)44(28-43(47)66)75-53(73)65-22-20-64(3)21-23-65/h4-13,26-28,32,35,42,48,57,59,62H,14-25,29-31,55H2,1-3H3,(H2,56,67)(H,58,68)(H,60,70)(H,61,69)(H,63,71)/t35-,42+,48+/m1/s1. The van der Waals surface area contributed by atoms with Gasteiger partial charge in [0.15, 0.2) is 0 Å². The Morgan fingerprint density at radius 1 is 0.827 bits per heavy atom. The van der Waals surface area contributed by atoms with E-state index in [2.05, 4.69) is 41.8 Å². The van der Waals surface area contributed by atoms with E-state index >= 15 is 0 Å². The fourth-order valence-electron chi connectivity index (χ4n) is 9.00. The maximum atomic E-state index is 14.4. The topological polar surface area (TPSA) is 288 Å². The number of alkyl halides is 1. The van der Waals surface area contributed by atoms with Crippen LogP contribution in [0.3, 0.4) is 0 Å². The fourth-order valence-corrected chi connectivity index (χ4v) is 9.25. The van der Waals surface area contributed by atoms with Crippen molar-refractivity contribution in [1.29, 1.82) is 0 Å². The Labute approximate surface area is 440 Å². The van der Waals surface area contributed by atoms with Gasteiger partial charge in [0.05, 0.1) is 24.9 Å². The average Bonchev–Trinajstić information content (AvgIpc) is 4.00. The summed E-state index contributed by atoms with van der Waals surface area (Å²) in [6.45, 7) is 8.28. The molecule has 2 aliphatic heterocycles. The number of nitrogens with zero attached hydrogens (tertiary/aromatic N) is 3. The van der Waals surface area contributed by atoms with Crippen molar-refractivity contribution in [3.05, 3.63) is 95.7 Å². The average molecular weight is 1050 g/mol. The number of nitrogens with two attached hydrogens (primary N) is 2. The van der Waals surface area contributed by atoms with Gasteiger partial charge in [0, 0.05) is 129 Å². The molecule has 0 radical (unpaired) electrons. The molecule has 0 aliphatic carbocycles. The number of rotatable bonds is 24. The summed E-state index contributed by atoms with van der Waals surface area (Å²) >= 11 is 6.56. The van der Waals surface area contributed by atoms with E-state index in [1.54, 1.807) is 64.4 Å². The highest BCUT2D eigenvalue weighted by atomic mass is 35.5. The Balaban J connectivity index is 0.979. The maximum absolute atomic E-state index is 14.4. The lowest BCUT2D eigenvalue weighted by Crippen LogP contribution is -2.56. The molecule has 11 N–H and O–H groups in total. The number of fused-ring (bicyclic) bond motifs is 4. The van der Waals surface area contributed by atoms with Crippen molar-refractivity contribution in [1.82, 2.24) is 36.1 Å². The third kappa shape index (κ3) is 14.6. The number of amides is 7. The van der Waals surface area contributed by atoms with Gasteiger partial charge >= 0.3 is 6.09 Å². The number of aromatic amines is 1. The molecule has 21 nitrogen and oxygen atoms in total. The molecule has 0 unspecified atom stereocenters. The minimum absolute atomic E-state index is 0.0191. The first-order valence-corrected chi connectivity index (χ1v) is 25.7. The van der Waals surface area contributed by atoms with Gasteiger partial charge in [-0.25, -0.2) is 4.79 Å². The van der Waals surface area contributed by atoms with Crippen LogP contribution in [-0.4, -0.2) is 160 Å². The van der Waals surface area contributed by atoms with Crippen LogP contribution in [-0.2, 0) is 23.9 Å². The lowest BCUT2D eigenvalue weighted by Gasteiger charge is -2.31. The fraction of sp³-hybridized carbons (Fsp3) is 0.415. The molecule has 7 amide bonds. The Hall–Kier alpha value is -7.14. The zero-order valence-electron chi connectivity index (χ0n) is 42.5. The van der Waals surface area contributed by atoms with Crippen molar-refractivity contribution in [3.63, 3.8) is 0 Å². The lowest BCUT2D eigenvalue weighted by molar-refractivity contribution is -0.128. The molecule has 3 atom stereocenters. The summed E-state index contributed by atoms with van der Waals surface area (Å²) in [5.74, 6) is -2.18. The molecule has 1 saturated heterocycles. The molecule has 3 heterocycles. The Morgan fingerprint density at radius 3 is 2.27 bits per heavy atom. The Bertz CT molecular complexity index is 2850. The molecule has 75 heavy (non-hydrogen) atoms. The van der Waals surface area contributed by atoms with E-state index in [9.17, 15) is 33.6 Å². The van der Waals surface area contributed by atoms with Gasteiger partial charge in [-0.1, -0.05) is 38.1 Å². The van der Waals surface area contributed by atoms with Crippen LogP contribution in [0.2, 0.25) is 0 Å². The first-order chi connectivity index (χ1) is 36.1. The number of anilines is 3. The highest BCUT2D eigenvalue weighted by Gasteiger charge is 2.36. The highest BCUT2D eigenvalue weighted by Crippen LogP contribution is 2.46. The van der Waals surface area contributed by atoms with Crippen molar-refractivity contribution in [2.24, 2.45) is 17.4 Å². The van der Waals surface area contributed by atoms with Crippen LogP contribution in [0, 0.1) is 5.92 Å². The molecule has 22 heteroatoms.